The number of ether oxygens (including phenoxy) is 1. The van der Waals surface area contributed by atoms with Crippen molar-refractivity contribution in [3.8, 4) is 5.75 Å². The summed E-state index contributed by atoms with van der Waals surface area (Å²) in [5.74, 6) is 2.28. The van der Waals surface area contributed by atoms with Crippen LogP contribution in [0.4, 0.5) is 0 Å². The van der Waals surface area contributed by atoms with Crippen molar-refractivity contribution >= 4 is 47.2 Å². The molecule has 3 rings (SSSR count). The molecule has 1 aromatic carbocycles. The van der Waals surface area contributed by atoms with Crippen LogP contribution in [0.15, 0.2) is 47.6 Å². The van der Waals surface area contributed by atoms with Crippen molar-refractivity contribution in [2.45, 2.75) is 19.9 Å². The van der Waals surface area contributed by atoms with E-state index < -0.39 is 0 Å². The Bertz CT molecular complexity index is 930. The summed E-state index contributed by atoms with van der Waals surface area (Å²) in [7, 11) is 1.63. The van der Waals surface area contributed by atoms with Crippen molar-refractivity contribution in [3.63, 3.8) is 0 Å². The molecule has 28 heavy (non-hydrogen) atoms. The van der Waals surface area contributed by atoms with Crippen molar-refractivity contribution in [1.82, 2.24) is 25.2 Å². The number of fused-ring (bicyclic) bond motifs is 1. The summed E-state index contributed by atoms with van der Waals surface area (Å²) in [5, 5.41) is 15.6. The largest absolute Gasteiger partial charge is 0.497 e. The highest BCUT2D eigenvalue weighted by molar-refractivity contribution is 14.0. The fourth-order valence-electron chi connectivity index (χ4n) is 2.66. The molecule has 0 unspecified atom stereocenters. The molecule has 0 aliphatic carbocycles. The lowest BCUT2D eigenvalue weighted by Crippen LogP contribution is -2.38. The maximum absolute atomic E-state index is 6.30. The minimum absolute atomic E-state index is 0. The molecule has 2 N–H and O–H groups in total. The van der Waals surface area contributed by atoms with E-state index in [1.54, 1.807) is 7.11 Å². The highest BCUT2D eigenvalue weighted by atomic mass is 127. The van der Waals surface area contributed by atoms with E-state index in [1.807, 2.05) is 53.9 Å². The molecule has 9 heteroatoms. The Labute approximate surface area is 186 Å². The lowest BCUT2D eigenvalue weighted by atomic mass is 10.1. The highest BCUT2D eigenvalue weighted by Crippen LogP contribution is 2.22. The van der Waals surface area contributed by atoms with Gasteiger partial charge in [-0.3, -0.25) is 4.40 Å². The van der Waals surface area contributed by atoms with E-state index in [4.69, 9.17) is 16.3 Å². The summed E-state index contributed by atoms with van der Waals surface area (Å²) in [5.41, 5.74) is 1.87. The molecule has 0 bridgehead atoms. The molecular formula is C19H24ClIN6O. The van der Waals surface area contributed by atoms with E-state index >= 15 is 0 Å². The molecular weight excluding hydrogens is 491 g/mol. The number of nitrogens with one attached hydrogen (secondary N) is 2. The average molecular weight is 515 g/mol. The van der Waals surface area contributed by atoms with Crippen LogP contribution in [0.3, 0.4) is 0 Å². The van der Waals surface area contributed by atoms with E-state index in [2.05, 4.69) is 25.8 Å². The quantitative estimate of drug-likeness (QED) is 0.287. The predicted molar refractivity (Wildman–Crippen MR) is 123 cm³/mol. The van der Waals surface area contributed by atoms with E-state index in [1.165, 1.54) is 0 Å². The Balaban J connectivity index is 0.00000280. The molecule has 7 nitrogen and oxygen atoms in total. The molecule has 0 radical (unpaired) electrons. The topological polar surface area (TPSA) is 75.8 Å². The molecule has 0 fully saturated rings. The fraction of sp³-hybridized carbons (Fsp3) is 0.316. The molecule has 3 aromatic rings. The number of halogens is 2. The van der Waals surface area contributed by atoms with Crippen molar-refractivity contribution in [1.29, 1.82) is 0 Å². The Morgan fingerprint density at radius 1 is 1.21 bits per heavy atom. The summed E-state index contributed by atoms with van der Waals surface area (Å²) in [6.45, 7) is 3.95. The molecule has 0 saturated heterocycles. The summed E-state index contributed by atoms with van der Waals surface area (Å²) in [6.07, 6.45) is 2.72. The smallest absolute Gasteiger partial charge is 0.191 e. The van der Waals surface area contributed by atoms with Crippen LogP contribution in [0.5, 0.6) is 5.75 Å². The van der Waals surface area contributed by atoms with Gasteiger partial charge in [-0.05, 0) is 43.2 Å². The van der Waals surface area contributed by atoms with Gasteiger partial charge in [0.1, 0.15) is 12.3 Å². The van der Waals surface area contributed by atoms with Crippen LogP contribution in [0.1, 0.15) is 18.3 Å². The van der Waals surface area contributed by atoms with Crippen LogP contribution in [0.2, 0.25) is 5.02 Å². The van der Waals surface area contributed by atoms with Crippen molar-refractivity contribution < 1.29 is 4.74 Å². The number of aromatic nitrogens is 3. The minimum atomic E-state index is 0. The third-order valence-electron chi connectivity index (χ3n) is 4.05. The number of guanidine groups is 1. The van der Waals surface area contributed by atoms with Gasteiger partial charge in [0.2, 0.25) is 0 Å². The van der Waals surface area contributed by atoms with E-state index in [0.717, 1.165) is 41.7 Å². The second-order valence-electron chi connectivity index (χ2n) is 5.87. The number of aliphatic imine (C=N–C) groups is 1. The van der Waals surface area contributed by atoms with Crippen LogP contribution < -0.4 is 15.4 Å². The first-order chi connectivity index (χ1) is 13.2. The number of rotatable bonds is 7. The SMILES string of the molecule is CCNC(=NCc1nnc2ccccn12)NCCc1ccc(OC)cc1Cl.I. The van der Waals surface area contributed by atoms with Crippen molar-refractivity contribution in [2.75, 3.05) is 20.2 Å². The Hall–Kier alpha value is -2.07. The summed E-state index contributed by atoms with van der Waals surface area (Å²) < 4.78 is 7.12. The monoisotopic (exact) mass is 514 g/mol. The second kappa shape index (κ2) is 11.1. The van der Waals surface area contributed by atoms with Crippen LogP contribution in [0.25, 0.3) is 5.65 Å². The molecule has 2 heterocycles. The Morgan fingerprint density at radius 2 is 2.07 bits per heavy atom. The number of methoxy groups -OCH3 is 1. The maximum Gasteiger partial charge on any atom is 0.191 e. The van der Waals surface area contributed by atoms with Crippen molar-refractivity contribution in [3.05, 3.63) is 59.0 Å². The zero-order valence-corrected chi connectivity index (χ0v) is 18.9. The number of nitrogens with zero attached hydrogens (tertiary/aromatic N) is 4. The van der Waals surface area contributed by atoms with Gasteiger partial charge in [0, 0.05) is 24.3 Å². The summed E-state index contributed by atoms with van der Waals surface area (Å²) >= 11 is 6.30. The van der Waals surface area contributed by atoms with Gasteiger partial charge < -0.3 is 15.4 Å². The van der Waals surface area contributed by atoms with Crippen LogP contribution in [-0.4, -0.2) is 40.8 Å². The molecule has 150 valence electrons. The van der Waals surface area contributed by atoms with Gasteiger partial charge in [-0.15, -0.1) is 34.2 Å². The standard InChI is InChI=1S/C19H23ClN6O.HI/c1-3-21-19(22-10-9-14-7-8-15(27-2)12-16(14)20)23-13-18-25-24-17-6-4-5-11-26(17)18;/h4-8,11-12H,3,9-10,13H2,1-2H3,(H2,21,22,23);1H. The first-order valence-corrected chi connectivity index (χ1v) is 9.22. The predicted octanol–water partition coefficient (Wildman–Crippen LogP) is 3.31. The molecule has 2 aromatic heterocycles. The molecule has 0 atom stereocenters. The number of hydrogen-bond acceptors (Lipinski definition) is 4. The number of benzene rings is 1. The molecule has 0 spiro atoms. The summed E-state index contributed by atoms with van der Waals surface area (Å²) in [4.78, 5) is 4.61. The summed E-state index contributed by atoms with van der Waals surface area (Å²) in [6, 6.07) is 11.5. The third-order valence-corrected chi connectivity index (χ3v) is 4.41. The van der Waals surface area contributed by atoms with Crippen LogP contribution in [0, 0.1) is 0 Å². The fourth-order valence-corrected chi connectivity index (χ4v) is 2.93. The number of hydrogen-bond donors (Lipinski definition) is 2. The van der Waals surface area contributed by atoms with Gasteiger partial charge in [0.25, 0.3) is 0 Å². The molecule has 0 aliphatic heterocycles. The van der Waals surface area contributed by atoms with Gasteiger partial charge in [0.15, 0.2) is 17.4 Å². The van der Waals surface area contributed by atoms with E-state index in [-0.39, 0.29) is 24.0 Å². The van der Waals surface area contributed by atoms with Gasteiger partial charge in [0.05, 0.1) is 7.11 Å². The normalized spacial score (nSPS) is 11.2. The highest BCUT2D eigenvalue weighted by Gasteiger charge is 2.06. The van der Waals surface area contributed by atoms with Gasteiger partial charge in [-0.2, -0.15) is 0 Å². The first-order valence-electron chi connectivity index (χ1n) is 8.84. The second-order valence-corrected chi connectivity index (χ2v) is 6.28. The molecule has 0 saturated carbocycles. The van der Waals surface area contributed by atoms with E-state index in [0.29, 0.717) is 18.1 Å². The van der Waals surface area contributed by atoms with Crippen molar-refractivity contribution in [2.24, 2.45) is 4.99 Å². The maximum atomic E-state index is 6.30. The number of pyridine rings is 1. The first kappa shape index (κ1) is 22.2. The van der Waals surface area contributed by atoms with Gasteiger partial charge in [-0.25, -0.2) is 4.99 Å². The van der Waals surface area contributed by atoms with Crippen LogP contribution >= 0.6 is 35.6 Å². The zero-order valence-electron chi connectivity index (χ0n) is 15.9. The zero-order chi connectivity index (χ0) is 19.1. The lowest BCUT2D eigenvalue weighted by molar-refractivity contribution is 0.414. The van der Waals surface area contributed by atoms with E-state index in [9.17, 15) is 0 Å². The van der Waals surface area contributed by atoms with Crippen LogP contribution in [-0.2, 0) is 13.0 Å². The Morgan fingerprint density at radius 3 is 2.82 bits per heavy atom. The lowest BCUT2D eigenvalue weighted by Gasteiger charge is -2.12. The minimum Gasteiger partial charge on any atom is -0.497 e. The third kappa shape index (κ3) is 5.71. The molecule has 0 amide bonds. The Kier molecular flexibility index (Phi) is 8.78. The van der Waals surface area contributed by atoms with Gasteiger partial charge >= 0.3 is 0 Å². The van der Waals surface area contributed by atoms with Gasteiger partial charge in [-0.1, -0.05) is 23.7 Å². The average Bonchev–Trinajstić information content (AvgIpc) is 3.10. The molecule has 0 aliphatic rings.